The lowest BCUT2D eigenvalue weighted by Gasteiger charge is -2.33. The van der Waals surface area contributed by atoms with Crippen molar-refractivity contribution in [3.63, 3.8) is 0 Å². The fraction of sp³-hybridized carbons (Fsp3) is 0.429. The molecule has 1 unspecified atom stereocenters. The van der Waals surface area contributed by atoms with E-state index < -0.39 is 0 Å². The molecule has 0 bridgehead atoms. The van der Waals surface area contributed by atoms with E-state index >= 15 is 0 Å². The number of carbonyl (C=O) groups excluding carboxylic acids is 1. The standard InChI is InChI=1S/C28H35N3O3/c1-21(2)16-22-8-10-24(11-9-22)26-18-30-28(34-26)13-12-27(32)29-17-25-20-31(14-15-33-25)19-23-6-4-3-5-7-23/h3-11,18,21,25H,12-17,19-20H2,1-2H3,(H,29,32). The minimum absolute atomic E-state index is 0.00780. The Hall–Kier alpha value is -2.96. The predicted molar refractivity (Wildman–Crippen MR) is 133 cm³/mol. The molecule has 1 N–H and O–H groups in total. The number of rotatable bonds is 10. The summed E-state index contributed by atoms with van der Waals surface area (Å²) in [5.74, 6) is 1.94. The lowest BCUT2D eigenvalue weighted by molar-refractivity contribution is -0.122. The third-order valence-electron chi connectivity index (χ3n) is 6.00. The minimum Gasteiger partial charge on any atom is -0.441 e. The Morgan fingerprint density at radius 3 is 2.68 bits per heavy atom. The molecule has 2 aromatic carbocycles. The molecule has 1 aliphatic rings. The minimum atomic E-state index is -0.0124. The lowest BCUT2D eigenvalue weighted by atomic mass is 10.0. The van der Waals surface area contributed by atoms with E-state index in [2.05, 4.69) is 77.6 Å². The molecule has 0 aliphatic carbocycles. The third-order valence-corrected chi connectivity index (χ3v) is 6.00. The van der Waals surface area contributed by atoms with Crippen LogP contribution in [-0.4, -0.2) is 48.1 Å². The second-order valence-corrected chi connectivity index (χ2v) is 9.43. The van der Waals surface area contributed by atoms with Crippen molar-refractivity contribution in [3.8, 4) is 11.3 Å². The van der Waals surface area contributed by atoms with Gasteiger partial charge in [0.05, 0.1) is 18.9 Å². The van der Waals surface area contributed by atoms with Gasteiger partial charge in [-0.15, -0.1) is 0 Å². The van der Waals surface area contributed by atoms with Gasteiger partial charge in [-0.05, 0) is 23.5 Å². The van der Waals surface area contributed by atoms with Crippen LogP contribution in [0.2, 0.25) is 0 Å². The first-order valence-electron chi connectivity index (χ1n) is 12.2. The Morgan fingerprint density at radius 1 is 1.12 bits per heavy atom. The van der Waals surface area contributed by atoms with Crippen molar-refractivity contribution in [1.29, 1.82) is 0 Å². The van der Waals surface area contributed by atoms with E-state index in [9.17, 15) is 4.79 Å². The molecule has 0 radical (unpaired) electrons. The average molecular weight is 462 g/mol. The number of nitrogens with one attached hydrogen (secondary N) is 1. The van der Waals surface area contributed by atoms with Gasteiger partial charge in [-0.3, -0.25) is 9.69 Å². The molecule has 34 heavy (non-hydrogen) atoms. The van der Waals surface area contributed by atoms with Gasteiger partial charge in [0, 0.05) is 44.6 Å². The van der Waals surface area contributed by atoms with E-state index in [0.717, 1.165) is 37.4 Å². The molecule has 0 saturated carbocycles. The van der Waals surface area contributed by atoms with Crippen LogP contribution in [0.3, 0.4) is 0 Å². The fourth-order valence-corrected chi connectivity index (χ4v) is 4.26. The van der Waals surface area contributed by atoms with Crippen molar-refractivity contribution >= 4 is 5.91 Å². The number of morpholine rings is 1. The monoisotopic (exact) mass is 461 g/mol. The number of nitrogens with zero attached hydrogens (tertiary/aromatic N) is 2. The zero-order valence-electron chi connectivity index (χ0n) is 20.2. The van der Waals surface area contributed by atoms with Crippen LogP contribution >= 0.6 is 0 Å². The van der Waals surface area contributed by atoms with Gasteiger partial charge in [-0.1, -0.05) is 68.4 Å². The molecule has 1 fully saturated rings. The highest BCUT2D eigenvalue weighted by atomic mass is 16.5. The number of amides is 1. The summed E-state index contributed by atoms with van der Waals surface area (Å²) in [6.07, 6.45) is 3.63. The van der Waals surface area contributed by atoms with E-state index in [1.807, 2.05) is 6.07 Å². The molecule has 4 rings (SSSR count). The van der Waals surface area contributed by atoms with Crippen LogP contribution in [0, 0.1) is 5.92 Å². The Labute approximate surface area is 202 Å². The molecule has 180 valence electrons. The van der Waals surface area contributed by atoms with E-state index in [1.54, 1.807) is 6.20 Å². The number of hydrogen-bond donors (Lipinski definition) is 1. The van der Waals surface area contributed by atoms with Gasteiger partial charge >= 0.3 is 0 Å². The molecular weight excluding hydrogens is 426 g/mol. The molecule has 0 spiro atoms. The summed E-state index contributed by atoms with van der Waals surface area (Å²) in [5.41, 5.74) is 3.62. The summed E-state index contributed by atoms with van der Waals surface area (Å²) in [6.45, 7) is 8.27. The van der Waals surface area contributed by atoms with Crippen molar-refractivity contribution in [3.05, 3.63) is 77.8 Å². The molecule has 6 heteroatoms. The van der Waals surface area contributed by atoms with E-state index in [-0.39, 0.29) is 12.0 Å². The maximum atomic E-state index is 12.4. The molecule has 1 aromatic heterocycles. The van der Waals surface area contributed by atoms with Crippen molar-refractivity contribution < 1.29 is 13.9 Å². The van der Waals surface area contributed by atoms with Gasteiger partial charge in [-0.25, -0.2) is 4.98 Å². The van der Waals surface area contributed by atoms with Crippen LogP contribution < -0.4 is 5.32 Å². The zero-order valence-corrected chi connectivity index (χ0v) is 20.2. The van der Waals surface area contributed by atoms with Crippen LogP contribution in [0.4, 0.5) is 0 Å². The van der Waals surface area contributed by atoms with Gasteiger partial charge < -0.3 is 14.5 Å². The fourth-order valence-electron chi connectivity index (χ4n) is 4.26. The molecule has 2 heterocycles. The van der Waals surface area contributed by atoms with E-state index in [1.165, 1.54) is 11.1 Å². The number of hydrogen-bond acceptors (Lipinski definition) is 5. The second kappa shape index (κ2) is 12.0. The summed E-state index contributed by atoms with van der Waals surface area (Å²) in [6, 6.07) is 18.9. The number of oxazole rings is 1. The lowest BCUT2D eigenvalue weighted by Crippen LogP contribution is -2.47. The number of ether oxygens (including phenoxy) is 1. The maximum absolute atomic E-state index is 12.4. The van der Waals surface area contributed by atoms with Crippen molar-refractivity contribution in [2.24, 2.45) is 5.92 Å². The van der Waals surface area contributed by atoms with Gasteiger partial charge in [-0.2, -0.15) is 0 Å². The normalized spacial score (nSPS) is 16.6. The van der Waals surface area contributed by atoms with Gasteiger partial charge in [0.15, 0.2) is 11.7 Å². The number of benzene rings is 2. The predicted octanol–water partition coefficient (Wildman–Crippen LogP) is 4.49. The highest BCUT2D eigenvalue weighted by Gasteiger charge is 2.21. The van der Waals surface area contributed by atoms with Crippen molar-refractivity contribution in [2.45, 2.75) is 45.8 Å². The summed E-state index contributed by atoms with van der Waals surface area (Å²) in [4.78, 5) is 19.1. The SMILES string of the molecule is CC(C)Cc1ccc(-c2cnc(CCC(=O)NCC3CN(Cc4ccccc4)CCO3)o2)cc1. The van der Waals surface area contributed by atoms with Crippen LogP contribution in [0.5, 0.6) is 0 Å². The molecule has 1 amide bonds. The highest BCUT2D eigenvalue weighted by molar-refractivity contribution is 5.76. The highest BCUT2D eigenvalue weighted by Crippen LogP contribution is 2.22. The van der Waals surface area contributed by atoms with Crippen molar-refractivity contribution in [2.75, 3.05) is 26.2 Å². The Kier molecular flexibility index (Phi) is 8.50. The number of carbonyl (C=O) groups is 1. The molecule has 6 nitrogen and oxygen atoms in total. The first-order chi connectivity index (χ1) is 16.5. The van der Waals surface area contributed by atoms with Crippen LogP contribution in [0.15, 0.2) is 65.2 Å². The molecule has 3 aromatic rings. The van der Waals surface area contributed by atoms with Crippen LogP contribution in [-0.2, 0) is 28.9 Å². The van der Waals surface area contributed by atoms with Crippen LogP contribution in [0.25, 0.3) is 11.3 Å². The van der Waals surface area contributed by atoms with E-state index in [4.69, 9.17) is 9.15 Å². The quantitative estimate of drug-likeness (QED) is 0.482. The first kappa shape index (κ1) is 24.2. The Morgan fingerprint density at radius 2 is 1.91 bits per heavy atom. The van der Waals surface area contributed by atoms with Gasteiger partial charge in [0.1, 0.15) is 0 Å². The average Bonchev–Trinajstić information content (AvgIpc) is 3.32. The second-order valence-electron chi connectivity index (χ2n) is 9.43. The largest absolute Gasteiger partial charge is 0.441 e. The first-order valence-corrected chi connectivity index (χ1v) is 12.2. The smallest absolute Gasteiger partial charge is 0.220 e. The summed E-state index contributed by atoms with van der Waals surface area (Å²) in [7, 11) is 0. The topological polar surface area (TPSA) is 67.6 Å². The van der Waals surface area contributed by atoms with Crippen molar-refractivity contribution in [1.82, 2.24) is 15.2 Å². The summed E-state index contributed by atoms with van der Waals surface area (Å²) < 4.78 is 11.7. The third kappa shape index (κ3) is 7.27. The maximum Gasteiger partial charge on any atom is 0.220 e. The van der Waals surface area contributed by atoms with E-state index in [0.29, 0.717) is 37.8 Å². The van der Waals surface area contributed by atoms with Crippen LogP contribution in [0.1, 0.15) is 37.3 Å². The number of aryl methyl sites for hydroxylation is 1. The number of aromatic nitrogens is 1. The Bertz CT molecular complexity index is 1030. The summed E-state index contributed by atoms with van der Waals surface area (Å²) in [5, 5.41) is 3.01. The Balaban J connectivity index is 1.19. The molecule has 1 atom stereocenters. The van der Waals surface area contributed by atoms with Gasteiger partial charge in [0.2, 0.25) is 5.91 Å². The molecular formula is C28H35N3O3. The summed E-state index contributed by atoms with van der Waals surface area (Å²) >= 11 is 0. The molecule has 1 saturated heterocycles. The van der Waals surface area contributed by atoms with Gasteiger partial charge in [0.25, 0.3) is 0 Å². The molecule has 1 aliphatic heterocycles. The zero-order chi connectivity index (χ0) is 23.8.